The lowest BCUT2D eigenvalue weighted by Gasteiger charge is -2.50. The number of carbonyl (C=O) groups excluding carboxylic acids is 1. The summed E-state index contributed by atoms with van der Waals surface area (Å²) in [5.74, 6) is 2.08. The van der Waals surface area contributed by atoms with E-state index in [0.29, 0.717) is 41.5 Å². The van der Waals surface area contributed by atoms with E-state index in [1.807, 2.05) is 12.1 Å². The van der Waals surface area contributed by atoms with Crippen LogP contribution in [0.4, 0.5) is 5.82 Å². The molecule has 5 atom stereocenters. The molecule has 176 valence electrons. The summed E-state index contributed by atoms with van der Waals surface area (Å²) in [7, 11) is 0. The number of halogens is 1. The van der Waals surface area contributed by atoms with Gasteiger partial charge in [-0.3, -0.25) is 4.79 Å². The first kappa shape index (κ1) is 22.9. The van der Waals surface area contributed by atoms with Gasteiger partial charge in [0.05, 0.1) is 11.3 Å². The van der Waals surface area contributed by atoms with Gasteiger partial charge in [-0.1, -0.05) is 29.7 Å². The van der Waals surface area contributed by atoms with Crippen LogP contribution in [0.25, 0.3) is 0 Å². The van der Waals surface area contributed by atoms with E-state index >= 15 is 0 Å². The highest BCUT2D eigenvalue weighted by Gasteiger charge is 2.57. The number of nitrogens with one attached hydrogen (secondary N) is 1. The van der Waals surface area contributed by atoms with Crippen LogP contribution in [0, 0.1) is 34.5 Å². The minimum absolute atomic E-state index is 0.0794. The van der Waals surface area contributed by atoms with Crippen molar-refractivity contribution >= 4 is 29.0 Å². The number of benzene rings is 1. The van der Waals surface area contributed by atoms with Gasteiger partial charge in [0.2, 0.25) is 5.91 Å². The second-order valence-electron chi connectivity index (χ2n) is 10.3. The van der Waals surface area contributed by atoms with E-state index in [2.05, 4.69) is 34.5 Å². The van der Waals surface area contributed by atoms with E-state index < -0.39 is 0 Å². The van der Waals surface area contributed by atoms with Gasteiger partial charge in [0.25, 0.3) is 0 Å². The fourth-order valence-electron chi connectivity index (χ4n) is 7.11. The van der Waals surface area contributed by atoms with Gasteiger partial charge in [0.15, 0.2) is 0 Å². The Morgan fingerprint density at radius 3 is 2.94 bits per heavy atom. The molecular formula is C27H29ClN4O2. The van der Waals surface area contributed by atoms with Gasteiger partial charge in [0.1, 0.15) is 11.9 Å². The lowest BCUT2D eigenvalue weighted by atomic mass is 9.54. The number of aromatic nitrogens is 1. The van der Waals surface area contributed by atoms with Gasteiger partial charge in [0, 0.05) is 23.1 Å². The Kier molecular flexibility index (Phi) is 6.07. The largest absolute Gasteiger partial charge is 0.411 e. The van der Waals surface area contributed by atoms with Crippen LogP contribution in [0.2, 0.25) is 5.02 Å². The molecule has 5 rings (SSSR count). The number of fused-ring (bicyclic) bond motifs is 5. The van der Waals surface area contributed by atoms with Crippen LogP contribution >= 0.6 is 11.6 Å². The number of hydrogen-bond acceptors (Lipinski definition) is 5. The van der Waals surface area contributed by atoms with Gasteiger partial charge in [-0.2, -0.15) is 5.26 Å². The molecule has 3 aliphatic carbocycles. The summed E-state index contributed by atoms with van der Waals surface area (Å²) < 4.78 is 0. The first-order chi connectivity index (χ1) is 16.4. The van der Waals surface area contributed by atoms with E-state index in [1.165, 1.54) is 17.3 Å². The topological polar surface area (TPSA) is 98.4 Å². The minimum atomic E-state index is -0.115. The first-order valence-corrected chi connectivity index (χ1v) is 12.5. The maximum Gasteiger partial charge on any atom is 0.225 e. The van der Waals surface area contributed by atoms with Crippen LogP contribution < -0.4 is 5.32 Å². The van der Waals surface area contributed by atoms with Crippen LogP contribution in [0.3, 0.4) is 0 Å². The number of rotatable bonds is 4. The molecule has 34 heavy (non-hydrogen) atoms. The Morgan fingerprint density at radius 2 is 2.21 bits per heavy atom. The average Bonchev–Trinajstić information content (AvgIpc) is 3.14. The Morgan fingerprint density at radius 1 is 1.35 bits per heavy atom. The Labute approximate surface area is 205 Å². The van der Waals surface area contributed by atoms with Crippen molar-refractivity contribution in [3.8, 4) is 6.07 Å². The van der Waals surface area contributed by atoms with Crippen molar-refractivity contribution in [1.82, 2.24) is 4.98 Å². The third-order valence-corrected chi connectivity index (χ3v) is 8.82. The van der Waals surface area contributed by atoms with Gasteiger partial charge >= 0.3 is 0 Å². The number of anilines is 1. The van der Waals surface area contributed by atoms with E-state index in [0.717, 1.165) is 49.3 Å². The summed E-state index contributed by atoms with van der Waals surface area (Å²) in [5, 5.41) is 26.2. The molecule has 3 unspecified atom stereocenters. The predicted molar refractivity (Wildman–Crippen MR) is 131 cm³/mol. The predicted octanol–water partition coefficient (Wildman–Crippen LogP) is 5.94. The lowest BCUT2D eigenvalue weighted by molar-refractivity contribution is -0.116. The molecule has 0 radical (unpaired) electrons. The number of hydrogen-bond donors (Lipinski definition) is 2. The molecule has 2 fully saturated rings. The van der Waals surface area contributed by atoms with E-state index in [9.17, 15) is 10.0 Å². The summed E-state index contributed by atoms with van der Waals surface area (Å²) in [6, 6.07) is 11.7. The smallest absolute Gasteiger partial charge is 0.225 e. The molecule has 0 spiro atoms. The van der Waals surface area contributed by atoms with Gasteiger partial charge in [-0.15, -0.1) is 0 Å². The normalized spacial score (nSPS) is 30.7. The van der Waals surface area contributed by atoms with Crippen molar-refractivity contribution in [2.45, 2.75) is 57.8 Å². The summed E-state index contributed by atoms with van der Waals surface area (Å²) in [6.07, 6.45) is 7.55. The quantitative estimate of drug-likeness (QED) is 0.421. The van der Waals surface area contributed by atoms with Gasteiger partial charge in [-0.05, 0) is 97.6 Å². The van der Waals surface area contributed by atoms with Crippen molar-refractivity contribution in [2.75, 3.05) is 5.32 Å². The number of oxime groups is 1. The molecule has 7 heteroatoms. The summed E-state index contributed by atoms with van der Waals surface area (Å²) in [4.78, 5) is 16.8. The minimum Gasteiger partial charge on any atom is -0.411 e. The van der Waals surface area contributed by atoms with Crippen LogP contribution in [0.15, 0.2) is 41.7 Å². The fraction of sp³-hybridized carbons (Fsp3) is 0.481. The van der Waals surface area contributed by atoms with Crippen LogP contribution in [-0.2, 0) is 11.2 Å². The SMILES string of the molecule is C[C@]12CCC3c4ccc(Cl)cc4CCC3C1[C@H](CCC(=O)Nc1ccc(C#N)cn1)C/C2=N\O. The van der Waals surface area contributed by atoms with Crippen molar-refractivity contribution in [3.63, 3.8) is 0 Å². The molecule has 2 N–H and O–H groups in total. The maximum atomic E-state index is 12.7. The number of nitrogens with zero attached hydrogens (tertiary/aromatic N) is 3. The number of amides is 1. The molecule has 2 saturated carbocycles. The zero-order chi connectivity index (χ0) is 23.9. The Hall–Kier alpha value is -2.91. The van der Waals surface area contributed by atoms with Gasteiger partial charge < -0.3 is 10.5 Å². The summed E-state index contributed by atoms with van der Waals surface area (Å²) >= 11 is 6.27. The molecule has 1 heterocycles. The number of nitriles is 1. The zero-order valence-electron chi connectivity index (χ0n) is 19.3. The molecule has 0 bridgehead atoms. The highest BCUT2D eigenvalue weighted by molar-refractivity contribution is 6.30. The van der Waals surface area contributed by atoms with Crippen LogP contribution in [0.5, 0.6) is 0 Å². The molecule has 0 aliphatic heterocycles. The number of aryl methyl sites for hydroxylation is 1. The molecule has 2 aromatic rings. The van der Waals surface area contributed by atoms with E-state index in [-0.39, 0.29) is 11.3 Å². The van der Waals surface area contributed by atoms with Crippen LogP contribution in [0.1, 0.15) is 68.1 Å². The third kappa shape index (κ3) is 3.96. The van der Waals surface area contributed by atoms with Gasteiger partial charge in [-0.25, -0.2) is 4.98 Å². The highest BCUT2D eigenvalue weighted by atomic mass is 35.5. The fourth-order valence-corrected chi connectivity index (χ4v) is 7.30. The molecular weight excluding hydrogens is 448 g/mol. The molecule has 1 amide bonds. The average molecular weight is 477 g/mol. The summed E-state index contributed by atoms with van der Waals surface area (Å²) in [5.41, 5.74) is 4.05. The van der Waals surface area contributed by atoms with Crippen molar-refractivity contribution in [3.05, 3.63) is 58.2 Å². The zero-order valence-corrected chi connectivity index (χ0v) is 20.1. The lowest BCUT2D eigenvalue weighted by Crippen LogP contribution is -2.44. The number of pyridine rings is 1. The first-order valence-electron chi connectivity index (χ1n) is 12.1. The number of carbonyl (C=O) groups is 1. The standard InChI is InChI=1S/C27H29ClN4O2/c1-27-11-10-21-20-7-5-19(28)12-17(20)3-6-22(21)26(27)18(13-23(27)32-34)4-9-25(33)31-24-8-2-16(14-29)15-30-24/h2,5,7-8,12,15,18,21-22,26,34H,3-4,6,9-11,13H2,1H3,(H,30,31,33)/b32-23+/t18-,21?,22?,26?,27-/m1/s1. The monoisotopic (exact) mass is 476 g/mol. The maximum absolute atomic E-state index is 12.7. The second kappa shape index (κ2) is 9.03. The third-order valence-electron chi connectivity index (χ3n) is 8.59. The molecule has 6 nitrogen and oxygen atoms in total. The van der Waals surface area contributed by atoms with Crippen molar-refractivity contribution in [1.29, 1.82) is 5.26 Å². The Balaban J connectivity index is 1.33. The van der Waals surface area contributed by atoms with Crippen molar-refractivity contribution < 1.29 is 10.0 Å². The molecule has 1 aromatic heterocycles. The highest BCUT2D eigenvalue weighted by Crippen LogP contribution is 2.62. The second-order valence-corrected chi connectivity index (χ2v) is 10.7. The molecule has 3 aliphatic rings. The summed E-state index contributed by atoms with van der Waals surface area (Å²) in [6.45, 7) is 2.26. The van der Waals surface area contributed by atoms with E-state index in [4.69, 9.17) is 16.9 Å². The van der Waals surface area contributed by atoms with E-state index in [1.54, 1.807) is 12.1 Å². The molecule has 0 saturated heterocycles. The molecule has 1 aromatic carbocycles. The van der Waals surface area contributed by atoms with Crippen molar-refractivity contribution in [2.24, 2.45) is 28.3 Å². The Bertz CT molecular complexity index is 1170. The van der Waals surface area contributed by atoms with Crippen LogP contribution in [-0.4, -0.2) is 21.8 Å².